The van der Waals surface area contributed by atoms with Crippen molar-refractivity contribution >= 4 is 5.91 Å². The average Bonchev–Trinajstić information content (AvgIpc) is 2.67. The van der Waals surface area contributed by atoms with Crippen LogP contribution in [0.5, 0.6) is 0 Å². The molecule has 3 aliphatic rings. The molecular formula is C20H37N3O2. The summed E-state index contributed by atoms with van der Waals surface area (Å²) in [5.41, 5.74) is 0.292. The summed E-state index contributed by atoms with van der Waals surface area (Å²) in [6.07, 6.45) is 10.7. The summed E-state index contributed by atoms with van der Waals surface area (Å²) in [6, 6.07) is 0. The normalized spacial score (nSPS) is 25.6. The van der Waals surface area contributed by atoms with Crippen molar-refractivity contribution in [3.63, 3.8) is 0 Å². The fourth-order valence-corrected chi connectivity index (χ4v) is 4.81. The molecule has 25 heavy (non-hydrogen) atoms. The molecule has 2 heterocycles. The van der Waals surface area contributed by atoms with E-state index in [1.54, 1.807) is 0 Å². The number of rotatable bonds is 7. The Morgan fingerprint density at radius 2 is 1.84 bits per heavy atom. The molecule has 1 aliphatic carbocycles. The molecule has 0 spiro atoms. The molecule has 2 aliphatic heterocycles. The molecule has 3 fully saturated rings. The molecule has 5 heteroatoms. The van der Waals surface area contributed by atoms with Crippen molar-refractivity contribution in [1.29, 1.82) is 0 Å². The topological polar surface area (TPSA) is 53.6 Å². The molecule has 2 N–H and O–H groups in total. The van der Waals surface area contributed by atoms with Crippen LogP contribution in [0.25, 0.3) is 0 Å². The highest BCUT2D eigenvalue weighted by Gasteiger charge is 2.34. The lowest BCUT2D eigenvalue weighted by atomic mass is 9.73. The van der Waals surface area contributed by atoms with Gasteiger partial charge in [-0.1, -0.05) is 19.3 Å². The van der Waals surface area contributed by atoms with Crippen molar-refractivity contribution < 1.29 is 9.53 Å². The summed E-state index contributed by atoms with van der Waals surface area (Å²) >= 11 is 0. The van der Waals surface area contributed by atoms with Crippen LogP contribution in [0.1, 0.15) is 57.8 Å². The number of hydrogen-bond acceptors (Lipinski definition) is 4. The molecule has 0 atom stereocenters. The Hall–Kier alpha value is -0.650. The van der Waals surface area contributed by atoms with E-state index in [0.717, 1.165) is 64.8 Å². The maximum absolute atomic E-state index is 12.4. The van der Waals surface area contributed by atoms with E-state index in [0.29, 0.717) is 11.8 Å². The minimum atomic E-state index is 0.269. The molecule has 0 aromatic carbocycles. The Morgan fingerprint density at radius 1 is 1.12 bits per heavy atom. The second-order valence-corrected chi connectivity index (χ2v) is 8.46. The zero-order chi connectivity index (χ0) is 17.4. The number of morpholine rings is 1. The Balaban J connectivity index is 1.43. The van der Waals surface area contributed by atoms with Gasteiger partial charge in [-0.05, 0) is 51.1 Å². The van der Waals surface area contributed by atoms with Gasteiger partial charge in [0.15, 0.2) is 0 Å². The third-order valence-corrected chi connectivity index (χ3v) is 6.48. The number of nitrogens with one attached hydrogen (secondary N) is 2. The molecule has 0 radical (unpaired) electrons. The number of ether oxygens (including phenoxy) is 1. The van der Waals surface area contributed by atoms with Crippen LogP contribution >= 0.6 is 0 Å². The van der Waals surface area contributed by atoms with Crippen molar-refractivity contribution in [2.75, 3.05) is 52.5 Å². The first-order chi connectivity index (χ1) is 12.3. The van der Waals surface area contributed by atoms with Crippen LogP contribution in [0.15, 0.2) is 0 Å². The van der Waals surface area contributed by atoms with Gasteiger partial charge in [0.2, 0.25) is 5.91 Å². The zero-order valence-electron chi connectivity index (χ0n) is 15.9. The number of piperidine rings is 1. The van der Waals surface area contributed by atoms with E-state index in [-0.39, 0.29) is 5.91 Å². The standard InChI is InChI=1S/C20H37N3O2/c24-19(5-4-18-6-10-21-11-7-18)22-16-20(8-2-1-3-9-20)17-23-12-14-25-15-13-23/h18,21H,1-17H2,(H,22,24). The van der Waals surface area contributed by atoms with E-state index in [9.17, 15) is 4.79 Å². The average molecular weight is 352 g/mol. The van der Waals surface area contributed by atoms with Gasteiger partial charge in [0, 0.05) is 38.0 Å². The molecule has 1 amide bonds. The molecule has 144 valence electrons. The molecular weight excluding hydrogens is 314 g/mol. The van der Waals surface area contributed by atoms with Gasteiger partial charge in [-0.2, -0.15) is 0 Å². The monoisotopic (exact) mass is 351 g/mol. The third kappa shape index (κ3) is 6.22. The predicted octanol–water partition coefficient (Wildman–Crippen LogP) is 2.17. The van der Waals surface area contributed by atoms with Gasteiger partial charge in [0.05, 0.1) is 13.2 Å². The highest BCUT2D eigenvalue weighted by atomic mass is 16.5. The van der Waals surface area contributed by atoms with Crippen LogP contribution in [0.4, 0.5) is 0 Å². The predicted molar refractivity (Wildman–Crippen MR) is 101 cm³/mol. The molecule has 1 saturated carbocycles. The summed E-state index contributed by atoms with van der Waals surface area (Å²) in [5.74, 6) is 1.01. The fourth-order valence-electron chi connectivity index (χ4n) is 4.81. The maximum Gasteiger partial charge on any atom is 0.220 e. The van der Waals surface area contributed by atoms with Crippen LogP contribution in [-0.4, -0.2) is 63.3 Å². The highest BCUT2D eigenvalue weighted by molar-refractivity contribution is 5.75. The summed E-state index contributed by atoms with van der Waals surface area (Å²) < 4.78 is 5.49. The SMILES string of the molecule is O=C(CCC1CCNCC1)NCC1(CN2CCOCC2)CCCCC1. The molecule has 0 aromatic heterocycles. The zero-order valence-corrected chi connectivity index (χ0v) is 15.9. The second kappa shape index (κ2) is 9.89. The van der Waals surface area contributed by atoms with Crippen LogP contribution < -0.4 is 10.6 Å². The van der Waals surface area contributed by atoms with E-state index in [4.69, 9.17) is 4.74 Å². The number of carbonyl (C=O) groups is 1. The Kier molecular flexibility index (Phi) is 7.56. The Bertz CT molecular complexity index is 398. The van der Waals surface area contributed by atoms with Gasteiger partial charge in [-0.15, -0.1) is 0 Å². The number of carbonyl (C=O) groups excluding carboxylic acids is 1. The molecule has 5 nitrogen and oxygen atoms in total. The van der Waals surface area contributed by atoms with Gasteiger partial charge in [0.25, 0.3) is 0 Å². The summed E-state index contributed by atoms with van der Waals surface area (Å²) in [6.45, 7) is 8.05. The van der Waals surface area contributed by atoms with E-state index in [2.05, 4.69) is 15.5 Å². The lowest BCUT2D eigenvalue weighted by Gasteiger charge is -2.42. The fraction of sp³-hybridized carbons (Fsp3) is 0.950. The summed E-state index contributed by atoms with van der Waals surface area (Å²) in [7, 11) is 0. The van der Waals surface area contributed by atoms with E-state index >= 15 is 0 Å². The lowest BCUT2D eigenvalue weighted by molar-refractivity contribution is -0.122. The summed E-state index contributed by atoms with van der Waals surface area (Å²) in [5, 5.41) is 6.71. The minimum Gasteiger partial charge on any atom is -0.379 e. The number of amides is 1. The molecule has 2 saturated heterocycles. The first kappa shape index (κ1) is 19.1. The Labute approximate surface area is 153 Å². The van der Waals surface area contributed by atoms with Crippen molar-refractivity contribution in [2.45, 2.75) is 57.8 Å². The van der Waals surface area contributed by atoms with E-state index < -0.39 is 0 Å². The van der Waals surface area contributed by atoms with Crippen LogP contribution in [0.3, 0.4) is 0 Å². The first-order valence-electron chi connectivity index (χ1n) is 10.5. The number of nitrogens with zero attached hydrogens (tertiary/aromatic N) is 1. The van der Waals surface area contributed by atoms with Gasteiger partial charge >= 0.3 is 0 Å². The third-order valence-electron chi connectivity index (χ3n) is 6.48. The Morgan fingerprint density at radius 3 is 2.56 bits per heavy atom. The molecule has 0 bridgehead atoms. The van der Waals surface area contributed by atoms with Gasteiger partial charge in [-0.25, -0.2) is 0 Å². The molecule has 0 aromatic rings. The van der Waals surface area contributed by atoms with Crippen LogP contribution in [-0.2, 0) is 9.53 Å². The first-order valence-corrected chi connectivity index (χ1v) is 10.5. The van der Waals surface area contributed by atoms with E-state index in [1.807, 2.05) is 0 Å². The van der Waals surface area contributed by atoms with Crippen molar-refractivity contribution in [1.82, 2.24) is 15.5 Å². The second-order valence-electron chi connectivity index (χ2n) is 8.46. The maximum atomic E-state index is 12.4. The quantitative estimate of drug-likeness (QED) is 0.738. The number of hydrogen-bond donors (Lipinski definition) is 2. The van der Waals surface area contributed by atoms with Crippen molar-refractivity contribution in [3.05, 3.63) is 0 Å². The van der Waals surface area contributed by atoms with Gasteiger partial charge in [0.1, 0.15) is 0 Å². The van der Waals surface area contributed by atoms with Gasteiger partial charge in [-0.3, -0.25) is 9.69 Å². The smallest absolute Gasteiger partial charge is 0.220 e. The van der Waals surface area contributed by atoms with Gasteiger partial charge < -0.3 is 15.4 Å². The highest BCUT2D eigenvalue weighted by Crippen LogP contribution is 2.36. The van der Waals surface area contributed by atoms with Crippen LogP contribution in [0, 0.1) is 11.3 Å². The van der Waals surface area contributed by atoms with E-state index in [1.165, 1.54) is 44.9 Å². The molecule has 0 unspecified atom stereocenters. The largest absolute Gasteiger partial charge is 0.379 e. The lowest BCUT2D eigenvalue weighted by Crippen LogP contribution is -2.49. The van der Waals surface area contributed by atoms with Crippen molar-refractivity contribution in [3.8, 4) is 0 Å². The molecule has 3 rings (SSSR count). The van der Waals surface area contributed by atoms with Crippen molar-refractivity contribution in [2.24, 2.45) is 11.3 Å². The minimum absolute atomic E-state index is 0.269. The summed E-state index contributed by atoms with van der Waals surface area (Å²) in [4.78, 5) is 15.0. The van der Waals surface area contributed by atoms with Crippen LogP contribution in [0.2, 0.25) is 0 Å².